The molecule has 0 spiro atoms. The third-order valence-corrected chi connectivity index (χ3v) is 6.35. The topological polar surface area (TPSA) is 9.72 Å². The largest absolute Gasteiger partial charge is 0.298 e. The molecule has 126 valence electrons. The number of hydrogen-bond acceptors (Lipinski definition) is 4. The van der Waals surface area contributed by atoms with Crippen LogP contribution in [-0.4, -0.2) is 71.5 Å². The zero-order chi connectivity index (χ0) is 15.5. The Morgan fingerprint density at radius 1 is 0.739 bits per heavy atom. The molecule has 1 aliphatic carbocycles. The number of nitrogens with zero attached hydrogens (tertiary/aromatic N) is 3. The van der Waals surface area contributed by atoms with Gasteiger partial charge in [0, 0.05) is 69.9 Å². The molecule has 0 aromatic heterocycles. The first kappa shape index (κ1) is 15.9. The van der Waals surface area contributed by atoms with Gasteiger partial charge in [0.05, 0.1) is 0 Å². The Balaban J connectivity index is 1.25. The Kier molecular flexibility index (Phi) is 5.24. The molecule has 23 heavy (non-hydrogen) atoms. The van der Waals surface area contributed by atoms with Crippen molar-refractivity contribution in [1.82, 2.24) is 14.7 Å². The maximum Gasteiger partial charge on any atom is 0.0234 e. The van der Waals surface area contributed by atoms with Crippen LogP contribution in [0.1, 0.15) is 24.0 Å². The van der Waals surface area contributed by atoms with Crippen molar-refractivity contribution < 1.29 is 0 Å². The molecule has 1 saturated carbocycles. The molecule has 4 rings (SSSR count). The lowest BCUT2D eigenvalue weighted by molar-refractivity contribution is 0.121. The Hall–Kier alpha value is -0.550. The van der Waals surface area contributed by atoms with Crippen LogP contribution in [0.5, 0.6) is 0 Å². The van der Waals surface area contributed by atoms with Crippen LogP contribution in [-0.2, 0) is 13.1 Å². The molecule has 2 aliphatic heterocycles. The van der Waals surface area contributed by atoms with Gasteiger partial charge in [-0.1, -0.05) is 24.3 Å². The van der Waals surface area contributed by atoms with E-state index in [0.29, 0.717) is 0 Å². The second-order valence-corrected chi connectivity index (χ2v) is 8.47. The summed E-state index contributed by atoms with van der Waals surface area (Å²) in [7, 11) is 0. The van der Waals surface area contributed by atoms with Crippen LogP contribution in [0.25, 0.3) is 0 Å². The molecule has 0 N–H and O–H groups in total. The fourth-order valence-corrected chi connectivity index (χ4v) is 4.73. The molecular weight excluding hydrogens is 302 g/mol. The number of hydrogen-bond donors (Lipinski definition) is 0. The molecule has 0 radical (unpaired) electrons. The minimum atomic E-state index is 0.935. The molecule has 0 atom stereocenters. The van der Waals surface area contributed by atoms with Gasteiger partial charge >= 0.3 is 0 Å². The van der Waals surface area contributed by atoms with E-state index in [1.807, 2.05) is 0 Å². The summed E-state index contributed by atoms with van der Waals surface area (Å²) in [4.78, 5) is 7.90. The molecule has 0 unspecified atom stereocenters. The van der Waals surface area contributed by atoms with E-state index in [2.05, 4.69) is 50.7 Å². The third kappa shape index (κ3) is 4.50. The summed E-state index contributed by atoms with van der Waals surface area (Å²) < 4.78 is 0. The first-order valence-electron chi connectivity index (χ1n) is 9.21. The lowest BCUT2D eigenvalue weighted by atomic mass is 10.1. The lowest BCUT2D eigenvalue weighted by Gasteiger charge is -2.34. The highest BCUT2D eigenvalue weighted by atomic mass is 32.2. The van der Waals surface area contributed by atoms with E-state index in [9.17, 15) is 0 Å². The van der Waals surface area contributed by atoms with Crippen LogP contribution < -0.4 is 0 Å². The molecule has 1 aromatic rings. The predicted octanol–water partition coefficient (Wildman–Crippen LogP) is 2.52. The van der Waals surface area contributed by atoms with Gasteiger partial charge in [-0.2, -0.15) is 11.8 Å². The maximum atomic E-state index is 2.69. The Bertz CT molecular complexity index is 486. The molecule has 2 heterocycles. The van der Waals surface area contributed by atoms with Gasteiger partial charge in [0.2, 0.25) is 0 Å². The SMILES string of the molecule is c1cc(CN2CCN(C3CC3)CC2)ccc1CN1CCSCC1. The molecule has 0 bridgehead atoms. The zero-order valence-corrected chi connectivity index (χ0v) is 14.9. The quantitative estimate of drug-likeness (QED) is 0.820. The summed E-state index contributed by atoms with van der Waals surface area (Å²) in [6.45, 7) is 9.77. The molecule has 3 fully saturated rings. The van der Waals surface area contributed by atoms with Gasteiger partial charge in [-0.15, -0.1) is 0 Å². The molecule has 1 aromatic carbocycles. The van der Waals surface area contributed by atoms with Crippen molar-refractivity contribution >= 4 is 11.8 Å². The molecule has 3 aliphatic rings. The Morgan fingerprint density at radius 3 is 1.78 bits per heavy atom. The predicted molar refractivity (Wildman–Crippen MR) is 98.9 cm³/mol. The van der Waals surface area contributed by atoms with Crippen LogP contribution in [0.2, 0.25) is 0 Å². The van der Waals surface area contributed by atoms with Crippen molar-refractivity contribution in [3.63, 3.8) is 0 Å². The smallest absolute Gasteiger partial charge is 0.0234 e. The summed E-state index contributed by atoms with van der Waals surface area (Å²) in [5, 5.41) is 0. The third-order valence-electron chi connectivity index (χ3n) is 5.41. The first-order chi connectivity index (χ1) is 11.4. The van der Waals surface area contributed by atoms with E-state index < -0.39 is 0 Å². The van der Waals surface area contributed by atoms with Crippen molar-refractivity contribution in [1.29, 1.82) is 0 Å². The van der Waals surface area contributed by atoms with E-state index in [-0.39, 0.29) is 0 Å². The molecular formula is C19H29N3S. The van der Waals surface area contributed by atoms with Crippen LogP contribution in [0.3, 0.4) is 0 Å². The standard InChI is InChI=1S/C19H29N3S/c1-3-18(16-21-11-13-23-14-12-21)4-2-17(1)15-20-7-9-22(10-8-20)19-5-6-19/h1-4,19H,5-16H2. The Labute approximate surface area is 145 Å². The second kappa shape index (κ2) is 7.56. The van der Waals surface area contributed by atoms with Crippen molar-refractivity contribution in [2.45, 2.75) is 32.0 Å². The molecule has 3 nitrogen and oxygen atoms in total. The van der Waals surface area contributed by atoms with E-state index in [4.69, 9.17) is 0 Å². The van der Waals surface area contributed by atoms with E-state index in [1.54, 1.807) is 0 Å². The number of thioether (sulfide) groups is 1. The number of rotatable bonds is 5. The Morgan fingerprint density at radius 2 is 1.26 bits per heavy atom. The fourth-order valence-electron chi connectivity index (χ4n) is 3.75. The lowest BCUT2D eigenvalue weighted by Crippen LogP contribution is -2.46. The maximum absolute atomic E-state index is 2.69. The zero-order valence-electron chi connectivity index (χ0n) is 14.1. The highest BCUT2D eigenvalue weighted by Gasteiger charge is 2.30. The second-order valence-electron chi connectivity index (χ2n) is 7.25. The molecule has 0 amide bonds. The van der Waals surface area contributed by atoms with Gasteiger partial charge in [0.1, 0.15) is 0 Å². The molecule has 2 saturated heterocycles. The van der Waals surface area contributed by atoms with Crippen LogP contribution in [0.15, 0.2) is 24.3 Å². The summed E-state index contributed by atoms with van der Waals surface area (Å²) in [5.41, 5.74) is 2.95. The number of benzene rings is 1. The first-order valence-corrected chi connectivity index (χ1v) is 10.4. The van der Waals surface area contributed by atoms with Gasteiger partial charge in [0.25, 0.3) is 0 Å². The van der Waals surface area contributed by atoms with E-state index >= 15 is 0 Å². The highest BCUT2D eigenvalue weighted by Crippen LogP contribution is 2.27. The average Bonchev–Trinajstić information content (AvgIpc) is 3.43. The van der Waals surface area contributed by atoms with Gasteiger partial charge in [-0.05, 0) is 24.0 Å². The summed E-state index contributed by atoms with van der Waals surface area (Å²) in [5.74, 6) is 2.59. The van der Waals surface area contributed by atoms with E-state index in [0.717, 1.165) is 19.1 Å². The normalized spacial score (nSPS) is 24.9. The van der Waals surface area contributed by atoms with Crippen LogP contribution in [0, 0.1) is 0 Å². The summed E-state index contributed by atoms with van der Waals surface area (Å²) in [6.07, 6.45) is 2.88. The summed E-state index contributed by atoms with van der Waals surface area (Å²) >= 11 is 2.09. The minimum absolute atomic E-state index is 0.935. The fraction of sp³-hybridized carbons (Fsp3) is 0.684. The van der Waals surface area contributed by atoms with Crippen molar-refractivity contribution in [3.8, 4) is 0 Å². The minimum Gasteiger partial charge on any atom is -0.298 e. The van der Waals surface area contributed by atoms with Gasteiger partial charge in [-0.3, -0.25) is 14.7 Å². The average molecular weight is 332 g/mol. The number of piperazine rings is 1. The van der Waals surface area contributed by atoms with Crippen molar-refractivity contribution in [2.24, 2.45) is 0 Å². The van der Waals surface area contributed by atoms with Gasteiger partial charge < -0.3 is 0 Å². The van der Waals surface area contributed by atoms with Crippen molar-refractivity contribution in [3.05, 3.63) is 35.4 Å². The highest BCUT2D eigenvalue weighted by molar-refractivity contribution is 7.99. The molecule has 4 heteroatoms. The summed E-state index contributed by atoms with van der Waals surface area (Å²) in [6, 6.07) is 10.3. The van der Waals surface area contributed by atoms with Gasteiger partial charge in [-0.25, -0.2) is 0 Å². The van der Waals surface area contributed by atoms with E-state index in [1.165, 1.54) is 74.7 Å². The van der Waals surface area contributed by atoms with Crippen LogP contribution in [0.4, 0.5) is 0 Å². The monoisotopic (exact) mass is 331 g/mol. The van der Waals surface area contributed by atoms with Gasteiger partial charge in [0.15, 0.2) is 0 Å². The van der Waals surface area contributed by atoms with Crippen LogP contribution >= 0.6 is 11.8 Å². The van der Waals surface area contributed by atoms with Crippen molar-refractivity contribution in [2.75, 3.05) is 50.8 Å².